The van der Waals surface area contributed by atoms with Gasteiger partial charge < -0.3 is 24.3 Å². The van der Waals surface area contributed by atoms with Crippen molar-refractivity contribution in [1.29, 1.82) is 0 Å². The van der Waals surface area contributed by atoms with Gasteiger partial charge in [0.15, 0.2) is 11.5 Å². The van der Waals surface area contributed by atoms with Gasteiger partial charge in [0.25, 0.3) is 0 Å². The monoisotopic (exact) mass is 409 g/mol. The van der Waals surface area contributed by atoms with Crippen molar-refractivity contribution in [3.05, 3.63) is 40.9 Å². The van der Waals surface area contributed by atoms with E-state index in [0.717, 1.165) is 4.47 Å². The Morgan fingerprint density at radius 2 is 1.72 bits per heavy atom. The van der Waals surface area contributed by atoms with E-state index in [4.69, 9.17) is 18.9 Å². The van der Waals surface area contributed by atoms with Gasteiger partial charge in [-0.05, 0) is 18.2 Å². The molecule has 0 bridgehead atoms. The molecular formula is C18H20BrNO5. The molecule has 0 atom stereocenters. The number of hydrogen-bond donors (Lipinski definition) is 1. The van der Waals surface area contributed by atoms with Crippen LogP contribution in [0.4, 0.5) is 5.69 Å². The van der Waals surface area contributed by atoms with E-state index in [1.165, 1.54) is 21.3 Å². The Morgan fingerprint density at radius 3 is 2.28 bits per heavy atom. The summed E-state index contributed by atoms with van der Waals surface area (Å²) >= 11 is 3.37. The van der Waals surface area contributed by atoms with E-state index < -0.39 is 0 Å². The maximum absolute atomic E-state index is 12.1. The second kappa shape index (κ2) is 9.17. The van der Waals surface area contributed by atoms with Gasteiger partial charge in [0, 0.05) is 22.3 Å². The fraction of sp³-hybridized carbons (Fsp3) is 0.278. The summed E-state index contributed by atoms with van der Waals surface area (Å²) in [7, 11) is 4.57. The molecule has 0 saturated heterocycles. The van der Waals surface area contributed by atoms with E-state index in [9.17, 15) is 4.79 Å². The summed E-state index contributed by atoms with van der Waals surface area (Å²) in [6, 6.07) is 10.8. The third-order valence-electron chi connectivity index (χ3n) is 3.34. The van der Waals surface area contributed by atoms with Crippen LogP contribution in [0.1, 0.15) is 6.42 Å². The SMILES string of the molecule is COc1cc(NC(=O)CCOc2cccc(Br)c2)cc(OC)c1OC. The third kappa shape index (κ3) is 5.29. The first-order valence-corrected chi connectivity index (χ1v) is 8.35. The molecule has 0 spiro atoms. The molecule has 0 aliphatic heterocycles. The number of amides is 1. The Bertz CT molecular complexity index is 710. The van der Waals surface area contributed by atoms with Gasteiger partial charge in [-0.3, -0.25) is 4.79 Å². The molecule has 2 aromatic rings. The van der Waals surface area contributed by atoms with Gasteiger partial charge in [0.2, 0.25) is 11.7 Å². The Balaban J connectivity index is 1.95. The molecular weight excluding hydrogens is 390 g/mol. The fourth-order valence-corrected chi connectivity index (χ4v) is 2.57. The van der Waals surface area contributed by atoms with Crippen molar-refractivity contribution >= 4 is 27.5 Å². The topological polar surface area (TPSA) is 66.0 Å². The van der Waals surface area contributed by atoms with E-state index in [1.807, 2.05) is 24.3 Å². The lowest BCUT2D eigenvalue weighted by atomic mass is 10.2. The number of methoxy groups -OCH3 is 3. The lowest BCUT2D eigenvalue weighted by Crippen LogP contribution is -2.15. The molecule has 0 unspecified atom stereocenters. The lowest BCUT2D eigenvalue weighted by Gasteiger charge is -2.14. The van der Waals surface area contributed by atoms with Gasteiger partial charge in [-0.2, -0.15) is 0 Å². The summed E-state index contributed by atoms with van der Waals surface area (Å²) < 4.78 is 22.3. The average molecular weight is 410 g/mol. The molecule has 0 fully saturated rings. The highest BCUT2D eigenvalue weighted by molar-refractivity contribution is 9.10. The van der Waals surface area contributed by atoms with Crippen LogP contribution < -0.4 is 24.3 Å². The van der Waals surface area contributed by atoms with E-state index in [2.05, 4.69) is 21.2 Å². The molecule has 0 aromatic heterocycles. The molecule has 2 aromatic carbocycles. The summed E-state index contributed by atoms with van der Waals surface area (Å²) in [6.45, 7) is 0.271. The first kappa shape index (κ1) is 18.9. The predicted octanol–water partition coefficient (Wildman–Crippen LogP) is 3.88. The largest absolute Gasteiger partial charge is 0.493 e. The molecule has 134 valence electrons. The standard InChI is InChI=1S/C18H20BrNO5/c1-22-15-10-13(11-16(23-2)18(15)24-3)20-17(21)7-8-25-14-6-4-5-12(19)9-14/h4-6,9-11H,7-8H2,1-3H3,(H,20,21). The maximum atomic E-state index is 12.1. The summed E-state index contributed by atoms with van der Waals surface area (Å²) in [6.07, 6.45) is 0.211. The number of carbonyl (C=O) groups is 1. The first-order valence-electron chi connectivity index (χ1n) is 7.55. The minimum Gasteiger partial charge on any atom is -0.493 e. The van der Waals surface area contributed by atoms with Crippen molar-refractivity contribution < 1.29 is 23.7 Å². The second-order valence-corrected chi connectivity index (χ2v) is 5.93. The van der Waals surface area contributed by atoms with Gasteiger partial charge in [-0.1, -0.05) is 22.0 Å². The van der Waals surface area contributed by atoms with Gasteiger partial charge >= 0.3 is 0 Å². The van der Waals surface area contributed by atoms with Crippen LogP contribution in [0.3, 0.4) is 0 Å². The molecule has 0 saturated carbocycles. The second-order valence-electron chi connectivity index (χ2n) is 5.02. The maximum Gasteiger partial charge on any atom is 0.227 e. The van der Waals surface area contributed by atoms with Gasteiger partial charge in [0.05, 0.1) is 34.4 Å². The van der Waals surface area contributed by atoms with Crippen LogP contribution in [0, 0.1) is 0 Å². The van der Waals surface area contributed by atoms with E-state index >= 15 is 0 Å². The summed E-state index contributed by atoms with van der Waals surface area (Å²) in [4.78, 5) is 12.1. The van der Waals surface area contributed by atoms with Gasteiger partial charge in [-0.25, -0.2) is 0 Å². The third-order valence-corrected chi connectivity index (χ3v) is 3.84. The zero-order valence-electron chi connectivity index (χ0n) is 14.3. The fourth-order valence-electron chi connectivity index (χ4n) is 2.20. The Hall–Kier alpha value is -2.41. The molecule has 0 aliphatic rings. The minimum atomic E-state index is -0.177. The quantitative estimate of drug-likeness (QED) is 0.716. The zero-order valence-corrected chi connectivity index (χ0v) is 15.9. The highest BCUT2D eigenvalue weighted by Crippen LogP contribution is 2.39. The van der Waals surface area contributed by atoms with Crippen LogP contribution in [0.2, 0.25) is 0 Å². The summed E-state index contributed by atoms with van der Waals surface area (Å²) in [5.74, 6) is 1.95. The molecule has 2 rings (SSSR count). The first-order chi connectivity index (χ1) is 12.1. The number of rotatable bonds is 8. The van der Waals surface area contributed by atoms with Crippen LogP contribution >= 0.6 is 15.9 Å². The van der Waals surface area contributed by atoms with Gasteiger partial charge in [-0.15, -0.1) is 0 Å². The van der Waals surface area contributed by atoms with E-state index in [-0.39, 0.29) is 18.9 Å². The van der Waals surface area contributed by atoms with Crippen molar-refractivity contribution in [2.45, 2.75) is 6.42 Å². The highest BCUT2D eigenvalue weighted by atomic mass is 79.9. The number of anilines is 1. The van der Waals surface area contributed by atoms with E-state index in [0.29, 0.717) is 28.7 Å². The Kier molecular flexibility index (Phi) is 6.94. The minimum absolute atomic E-state index is 0.177. The van der Waals surface area contributed by atoms with Crippen LogP contribution in [-0.4, -0.2) is 33.8 Å². The van der Waals surface area contributed by atoms with Crippen molar-refractivity contribution in [3.8, 4) is 23.0 Å². The summed E-state index contributed by atoms with van der Waals surface area (Å²) in [5, 5.41) is 2.80. The number of nitrogens with one attached hydrogen (secondary N) is 1. The number of carbonyl (C=O) groups excluding carboxylic acids is 1. The number of hydrogen-bond acceptors (Lipinski definition) is 5. The van der Waals surface area contributed by atoms with Crippen LogP contribution in [0.25, 0.3) is 0 Å². The Morgan fingerprint density at radius 1 is 1.04 bits per heavy atom. The van der Waals surface area contributed by atoms with E-state index in [1.54, 1.807) is 12.1 Å². The van der Waals surface area contributed by atoms with Crippen molar-refractivity contribution in [1.82, 2.24) is 0 Å². The Labute approximate surface area is 155 Å². The smallest absolute Gasteiger partial charge is 0.227 e. The normalized spacial score (nSPS) is 10.1. The molecule has 1 amide bonds. The molecule has 1 N–H and O–H groups in total. The average Bonchev–Trinajstić information content (AvgIpc) is 2.60. The molecule has 0 radical (unpaired) electrons. The molecule has 25 heavy (non-hydrogen) atoms. The van der Waals surface area contributed by atoms with Gasteiger partial charge in [0.1, 0.15) is 5.75 Å². The summed E-state index contributed by atoms with van der Waals surface area (Å²) in [5.41, 5.74) is 0.557. The van der Waals surface area contributed by atoms with Crippen LogP contribution in [0.5, 0.6) is 23.0 Å². The molecule has 0 aliphatic carbocycles. The zero-order chi connectivity index (χ0) is 18.2. The highest BCUT2D eigenvalue weighted by Gasteiger charge is 2.14. The van der Waals surface area contributed by atoms with Crippen LogP contribution in [0.15, 0.2) is 40.9 Å². The number of benzene rings is 2. The van der Waals surface area contributed by atoms with Crippen molar-refractivity contribution in [2.75, 3.05) is 33.3 Å². The molecule has 0 heterocycles. The lowest BCUT2D eigenvalue weighted by molar-refractivity contribution is -0.116. The number of ether oxygens (including phenoxy) is 4. The van der Waals surface area contributed by atoms with Crippen molar-refractivity contribution in [2.24, 2.45) is 0 Å². The number of halogens is 1. The molecule has 7 heteroatoms. The van der Waals surface area contributed by atoms with Crippen LogP contribution in [-0.2, 0) is 4.79 Å². The van der Waals surface area contributed by atoms with Crippen molar-refractivity contribution in [3.63, 3.8) is 0 Å². The predicted molar refractivity (Wildman–Crippen MR) is 99.0 cm³/mol. The molecule has 6 nitrogen and oxygen atoms in total.